The van der Waals surface area contributed by atoms with Crippen molar-refractivity contribution in [1.82, 2.24) is 0 Å². The van der Waals surface area contributed by atoms with Crippen molar-refractivity contribution in [2.24, 2.45) is 0 Å². The number of methoxy groups -OCH3 is 1. The lowest BCUT2D eigenvalue weighted by Gasteiger charge is -2.35. The summed E-state index contributed by atoms with van der Waals surface area (Å²) in [4.78, 5) is 0. The number of aryl methyl sites for hydroxylation is 2. The molecule has 2 rings (SSSR count). The first-order chi connectivity index (χ1) is 19.2. The molecule has 226 valence electrons. The van der Waals surface area contributed by atoms with Gasteiger partial charge in [-0.25, -0.2) is 0 Å². The Hall–Kier alpha value is -3.03. The van der Waals surface area contributed by atoms with Gasteiger partial charge in [-0.05, 0) is 79.5 Å². The van der Waals surface area contributed by atoms with E-state index in [1.165, 1.54) is 6.07 Å². The molecule has 0 heterocycles. The molecule has 0 saturated carbocycles. The van der Waals surface area contributed by atoms with Crippen molar-refractivity contribution < 1.29 is 40.6 Å². The maximum atomic E-state index is 13.7. The lowest BCUT2D eigenvalue weighted by molar-refractivity contribution is -0.372. The molecule has 0 N–H and O–H groups in total. The van der Waals surface area contributed by atoms with Gasteiger partial charge in [0.25, 0.3) is 5.60 Å². The summed E-state index contributed by atoms with van der Waals surface area (Å²) in [5.41, 5.74) is -1.37. The van der Waals surface area contributed by atoms with Crippen LogP contribution >= 0.6 is 0 Å². The molecule has 0 radical (unpaired) electrons. The lowest BCUT2D eigenvalue weighted by atomic mass is 9.70. The molecule has 4 nitrogen and oxygen atoms in total. The van der Waals surface area contributed by atoms with Gasteiger partial charge >= 0.3 is 12.4 Å². The largest absolute Gasteiger partial charge is 0.493 e. The van der Waals surface area contributed by atoms with Gasteiger partial charge in [0.05, 0.1) is 12.7 Å². The number of benzene rings is 2. The monoisotopic (exact) mass is 585 g/mol. The van der Waals surface area contributed by atoms with Crippen molar-refractivity contribution in [1.29, 1.82) is 5.26 Å². The number of hydrogen-bond donors (Lipinski definition) is 0. The summed E-state index contributed by atoms with van der Waals surface area (Å²) in [6.45, 7) is 6.98. The van der Waals surface area contributed by atoms with Crippen LogP contribution in [0.1, 0.15) is 73.8 Å². The quantitative estimate of drug-likeness (QED) is 0.126. The average Bonchev–Trinajstić information content (AvgIpc) is 2.90. The zero-order valence-electron chi connectivity index (χ0n) is 24.0. The van der Waals surface area contributed by atoms with Gasteiger partial charge in [0.15, 0.2) is 0 Å². The minimum Gasteiger partial charge on any atom is -0.493 e. The highest BCUT2D eigenvalue weighted by Gasteiger charge is 2.71. The summed E-state index contributed by atoms with van der Waals surface area (Å²) in [5.74, 6) is 0.747. The van der Waals surface area contributed by atoms with Gasteiger partial charge in [-0.15, -0.1) is 0 Å². The number of hydrogen-bond acceptors (Lipinski definition) is 4. The molecule has 0 unspecified atom stereocenters. The summed E-state index contributed by atoms with van der Waals surface area (Å²) < 4.78 is 96.7. The molecule has 0 atom stereocenters. The summed E-state index contributed by atoms with van der Waals surface area (Å²) in [5, 5.41) is 8.67. The molecule has 0 bridgehead atoms. The van der Waals surface area contributed by atoms with E-state index < -0.39 is 30.2 Å². The van der Waals surface area contributed by atoms with E-state index in [9.17, 15) is 26.3 Å². The van der Waals surface area contributed by atoms with Crippen LogP contribution in [0.25, 0.3) is 6.08 Å². The Kier molecular flexibility index (Phi) is 11.9. The molecular weight excluding hydrogens is 548 g/mol. The van der Waals surface area contributed by atoms with Crippen LogP contribution in [0.3, 0.4) is 0 Å². The second-order valence-corrected chi connectivity index (χ2v) is 9.92. The Morgan fingerprint density at radius 3 is 1.93 bits per heavy atom. The van der Waals surface area contributed by atoms with Crippen molar-refractivity contribution in [3.05, 3.63) is 70.3 Å². The maximum Gasteiger partial charge on any atom is 0.430 e. The Morgan fingerprint density at radius 1 is 0.854 bits per heavy atom. The Balaban J connectivity index is 2.45. The van der Waals surface area contributed by atoms with Crippen molar-refractivity contribution in [3.8, 4) is 11.8 Å². The smallest absolute Gasteiger partial charge is 0.430 e. The normalized spacial score (nSPS) is 13.0. The van der Waals surface area contributed by atoms with Crippen molar-refractivity contribution >= 4 is 6.08 Å². The van der Waals surface area contributed by atoms with E-state index in [1.54, 1.807) is 19.1 Å². The lowest BCUT2D eigenvalue weighted by Crippen LogP contribution is -2.57. The van der Waals surface area contributed by atoms with E-state index in [1.807, 2.05) is 32.9 Å². The summed E-state index contributed by atoms with van der Waals surface area (Å²) >= 11 is 0. The topological polar surface area (TPSA) is 51.5 Å². The standard InChI is InChI=1S/C31H37F6NO3/c1-6-28(7-2,26-13-14-27(23(4)20-26)40-18-10-8-9-17-38)25-12-11-24(22(3)19-25)15-16-29(30(32,33)34,31(35,36)37)41-21-39-5/h11-16,19-20H,6-10,18,21H2,1-5H3/b16-15+. The average molecular weight is 586 g/mol. The molecule has 0 aliphatic rings. The highest BCUT2D eigenvalue weighted by atomic mass is 19.4. The van der Waals surface area contributed by atoms with Crippen LogP contribution in [0, 0.1) is 25.2 Å². The highest BCUT2D eigenvalue weighted by molar-refractivity contribution is 5.57. The van der Waals surface area contributed by atoms with Gasteiger partial charge in [-0.3, -0.25) is 0 Å². The van der Waals surface area contributed by atoms with E-state index >= 15 is 0 Å². The van der Waals surface area contributed by atoms with Crippen molar-refractivity contribution in [2.75, 3.05) is 20.5 Å². The van der Waals surface area contributed by atoms with Crippen LogP contribution in [0.4, 0.5) is 26.3 Å². The third kappa shape index (κ3) is 7.63. The van der Waals surface area contributed by atoms with Crippen LogP contribution < -0.4 is 4.74 Å². The minimum atomic E-state index is -5.77. The summed E-state index contributed by atoms with van der Waals surface area (Å²) in [6.07, 6.45) is -7.29. The van der Waals surface area contributed by atoms with Gasteiger partial charge in [0, 0.05) is 18.9 Å². The number of ether oxygens (including phenoxy) is 3. The first kappa shape index (κ1) is 34.2. The third-order valence-electron chi connectivity index (χ3n) is 7.44. The van der Waals surface area contributed by atoms with Crippen LogP contribution in [-0.2, 0) is 14.9 Å². The molecular formula is C31H37F6NO3. The van der Waals surface area contributed by atoms with Gasteiger partial charge < -0.3 is 14.2 Å². The number of nitrogens with zero attached hydrogens (tertiary/aromatic N) is 1. The molecule has 41 heavy (non-hydrogen) atoms. The fraction of sp³-hybridized carbons (Fsp3) is 0.516. The number of halogens is 6. The second kappa shape index (κ2) is 14.2. The molecule has 2 aromatic carbocycles. The van der Waals surface area contributed by atoms with Crippen molar-refractivity contribution in [3.63, 3.8) is 0 Å². The number of unbranched alkanes of at least 4 members (excludes halogenated alkanes) is 2. The molecule has 0 fully saturated rings. The maximum absolute atomic E-state index is 13.7. The molecule has 0 aliphatic carbocycles. The Morgan fingerprint density at radius 2 is 1.44 bits per heavy atom. The molecule has 2 aromatic rings. The summed E-state index contributed by atoms with van der Waals surface area (Å²) in [6, 6.07) is 13.1. The van der Waals surface area contributed by atoms with Crippen molar-refractivity contribution in [2.45, 2.75) is 83.2 Å². The van der Waals surface area contributed by atoms with E-state index in [2.05, 4.69) is 21.6 Å². The van der Waals surface area contributed by atoms with Crippen LogP contribution in [-0.4, -0.2) is 38.5 Å². The predicted molar refractivity (Wildman–Crippen MR) is 146 cm³/mol. The number of rotatable bonds is 14. The fourth-order valence-electron chi connectivity index (χ4n) is 4.91. The fourth-order valence-corrected chi connectivity index (χ4v) is 4.91. The first-order valence-corrected chi connectivity index (χ1v) is 13.4. The molecule has 10 heteroatoms. The molecule has 0 spiro atoms. The van der Waals surface area contributed by atoms with Gasteiger partial charge in [0.2, 0.25) is 0 Å². The predicted octanol–water partition coefficient (Wildman–Crippen LogP) is 8.98. The van der Waals surface area contributed by atoms with Gasteiger partial charge in [-0.1, -0.05) is 50.3 Å². The number of nitriles is 1. The second-order valence-electron chi connectivity index (χ2n) is 9.92. The Bertz CT molecular complexity index is 1200. The zero-order valence-corrected chi connectivity index (χ0v) is 24.0. The van der Waals surface area contributed by atoms with Crippen LogP contribution in [0.5, 0.6) is 5.75 Å². The van der Waals surface area contributed by atoms with Crippen LogP contribution in [0.15, 0.2) is 42.5 Å². The zero-order chi connectivity index (χ0) is 30.9. The van der Waals surface area contributed by atoms with Crippen LogP contribution in [0.2, 0.25) is 0 Å². The highest BCUT2D eigenvalue weighted by Crippen LogP contribution is 2.47. The molecule has 0 amide bonds. The summed E-state index contributed by atoms with van der Waals surface area (Å²) in [7, 11) is 0.943. The Labute approximate surface area is 237 Å². The van der Waals surface area contributed by atoms with E-state index in [0.29, 0.717) is 31.4 Å². The molecule has 0 aromatic heterocycles. The SMILES string of the molecule is CCC(CC)(c1ccc(/C=C/C(OCOC)(C(F)(F)F)C(F)(F)F)c(C)c1)c1ccc(OCCCCC#N)c(C)c1. The number of alkyl halides is 6. The third-order valence-corrected chi connectivity index (χ3v) is 7.44. The molecule has 0 aliphatic heterocycles. The van der Waals surface area contributed by atoms with E-state index in [4.69, 9.17) is 10.00 Å². The van der Waals surface area contributed by atoms with E-state index in [0.717, 1.165) is 48.5 Å². The minimum absolute atomic E-state index is 0.00330. The first-order valence-electron chi connectivity index (χ1n) is 13.4. The van der Waals surface area contributed by atoms with E-state index in [-0.39, 0.29) is 11.6 Å². The van der Waals surface area contributed by atoms with Gasteiger partial charge in [0.1, 0.15) is 12.5 Å². The van der Waals surface area contributed by atoms with Gasteiger partial charge in [-0.2, -0.15) is 31.6 Å². The molecule has 0 saturated heterocycles.